The van der Waals surface area contributed by atoms with Gasteiger partial charge in [0.05, 0.1) is 11.7 Å². The monoisotopic (exact) mass is 318 g/mol. The van der Waals surface area contributed by atoms with Crippen LogP contribution in [-0.4, -0.2) is 21.9 Å². The lowest BCUT2D eigenvalue weighted by molar-refractivity contribution is -0.146. The van der Waals surface area contributed by atoms with E-state index in [0.717, 1.165) is 43.4 Å². The summed E-state index contributed by atoms with van der Waals surface area (Å²) < 4.78 is 0. The minimum atomic E-state index is -0.650. The third-order valence-corrected chi connectivity index (χ3v) is 9.19. The highest BCUT2D eigenvalue weighted by atomic mass is 16.3. The van der Waals surface area contributed by atoms with Crippen molar-refractivity contribution in [3.8, 4) is 0 Å². The average Bonchev–Trinajstić information content (AvgIpc) is 2.80. The van der Waals surface area contributed by atoms with E-state index >= 15 is 0 Å². The maximum absolute atomic E-state index is 11.1. The Balaban J connectivity index is 1.64. The van der Waals surface area contributed by atoms with Gasteiger partial charge in [0, 0.05) is 5.41 Å². The minimum Gasteiger partial charge on any atom is -0.393 e. The molecule has 2 heteroatoms. The predicted octanol–water partition coefficient (Wildman–Crippen LogP) is 4.31. The fraction of sp³-hybridized carbons (Fsp3) is 0.905. The Labute approximate surface area is 141 Å². The van der Waals surface area contributed by atoms with E-state index in [4.69, 9.17) is 0 Å². The molecule has 0 radical (unpaired) electrons. The van der Waals surface area contributed by atoms with Crippen LogP contribution in [0, 0.1) is 34.5 Å². The molecule has 0 amide bonds. The van der Waals surface area contributed by atoms with Crippen LogP contribution in [-0.2, 0) is 0 Å². The zero-order valence-corrected chi connectivity index (χ0v) is 14.9. The number of aliphatic hydroxyl groups is 2. The summed E-state index contributed by atoms with van der Waals surface area (Å²) in [5.74, 6) is 2.96. The van der Waals surface area contributed by atoms with Crippen molar-refractivity contribution in [3.63, 3.8) is 0 Å². The zero-order valence-electron chi connectivity index (χ0n) is 14.9. The largest absolute Gasteiger partial charge is 0.393 e. The molecule has 0 bridgehead atoms. The first-order valence-corrected chi connectivity index (χ1v) is 9.88. The number of aliphatic hydroxyl groups excluding tert-OH is 1. The Morgan fingerprint density at radius 2 is 1.70 bits per heavy atom. The van der Waals surface area contributed by atoms with Crippen LogP contribution in [0.25, 0.3) is 0 Å². The van der Waals surface area contributed by atoms with E-state index in [2.05, 4.69) is 20.4 Å². The lowest BCUT2D eigenvalue weighted by Gasteiger charge is -2.61. The molecule has 4 rings (SSSR count). The van der Waals surface area contributed by atoms with E-state index in [9.17, 15) is 10.2 Å². The molecule has 4 aliphatic rings. The first-order valence-electron chi connectivity index (χ1n) is 9.88. The van der Waals surface area contributed by atoms with Crippen LogP contribution in [0.4, 0.5) is 0 Å². The highest BCUT2D eigenvalue weighted by molar-refractivity contribution is 5.18. The fourth-order valence-electron chi connectivity index (χ4n) is 7.62. The van der Waals surface area contributed by atoms with Crippen LogP contribution >= 0.6 is 0 Å². The van der Waals surface area contributed by atoms with Crippen LogP contribution in [0.5, 0.6) is 0 Å². The number of hydrogen-bond acceptors (Lipinski definition) is 2. The summed E-state index contributed by atoms with van der Waals surface area (Å²) in [6.45, 7) is 8.82. The normalized spacial score (nSPS) is 58.9. The molecule has 2 nitrogen and oxygen atoms in total. The van der Waals surface area contributed by atoms with Crippen molar-refractivity contribution in [1.82, 2.24) is 0 Å². The Morgan fingerprint density at radius 1 is 0.957 bits per heavy atom. The van der Waals surface area contributed by atoms with Gasteiger partial charge in [-0.15, -0.1) is 6.58 Å². The molecule has 0 saturated heterocycles. The SMILES string of the molecule is C=C[C@]1(O)CC[C@H]2[C@@H]3CC[C@H]4C[C@H](O)CC[C@]4(C)[C@H]3CC[C@@]21C. The topological polar surface area (TPSA) is 40.5 Å². The second-order valence-electron chi connectivity index (χ2n) is 9.71. The summed E-state index contributed by atoms with van der Waals surface area (Å²) in [5, 5.41) is 21.2. The number of hydrogen-bond donors (Lipinski definition) is 2. The standard InChI is InChI=1S/C21H34O2/c1-4-21(23)12-9-18-16-6-5-14-13-15(22)7-10-19(14,2)17(16)8-11-20(18,21)3/h4,14-18,22-23H,1,5-13H2,2-3H3/t14-,15+,16+,17-,18-,19-,20-,21-/m0/s1. The number of rotatable bonds is 1. The summed E-state index contributed by atoms with van der Waals surface area (Å²) >= 11 is 0. The van der Waals surface area contributed by atoms with Gasteiger partial charge in [-0.2, -0.15) is 0 Å². The first kappa shape index (κ1) is 16.1. The molecule has 4 saturated carbocycles. The minimum absolute atomic E-state index is 0.0350. The quantitative estimate of drug-likeness (QED) is 0.707. The van der Waals surface area contributed by atoms with Crippen LogP contribution in [0.2, 0.25) is 0 Å². The maximum Gasteiger partial charge on any atom is 0.0881 e. The van der Waals surface area contributed by atoms with Crippen molar-refractivity contribution in [3.05, 3.63) is 12.7 Å². The number of fused-ring (bicyclic) bond motifs is 5. The van der Waals surface area contributed by atoms with E-state index in [-0.39, 0.29) is 11.5 Å². The molecule has 8 atom stereocenters. The summed E-state index contributed by atoms with van der Waals surface area (Å²) in [7, 11) is 0. The lowest BCUT2D eigenvalue weighted by Crippen LogP contribution is -2.56. The van der Waals surface area contributed by atoms with E-state index in [1.165, 1.54) is 32.1 Å². The van der Waals surface area contributed by atoms with Crippen LogP contribution in [0.1, 0.15) is 71.6 Å². The summed E-state index contributed by atoms with van der Waals surface area (Å²) in [4.78, 5) is 0. The zero-order chi connectivity index (χ0) is 16.5. The summed E-state index contributed by atoms with van der Waals surface area (Å²) in [6.07, 6.45) is 12.1. The second-order valence-corrected chi connectivity index (χ2v) is 9.71. The van der Waals surface area contributed by atoms with Gasteiger partial charge in [0.15, 0.2) is 0 Å². The molecule has 0 aromatic heterocycles. The molecular formula is C21H34O2. The molecule has 2 N–H and O–H groups in total. The van der Waals surface area contributed by atoms with Gasteiger partial charge in [0.25, 0.3) is 0 Å². The molecule has 0 aliphatic heterocycles. The Bertz CT molecular complexity index is 502. The highest BCUT2D eigenvalue weighted by Gasteiger charge is 2.63. The van der Waals surface area contributed by atoms with Crippen LogP contribution < -0.4 is 0 Å². The molecular weight excluding hydrogens is 284 g/mol. The van der Waals surface area contributed by atoms with E-state index in [1.54, 1.807) is 0 Å². The predicted molar refractivity (Wildman–Crippen MR) is 92.9 cm³/mol. The third kappa shape index (κ3) is 2.00. The highest BCUT2D eigenvalue weighted by Crippen LogP contribution is 2.68. The Hall–Kier alpha value is -0.340. The van der Waals surface area contributed by atoms with Crippen molar-refractivity contribution < 1.29 is 10.2 Å². The van der Waals surface area contributed by atoms with Gasteiger partial charge >= 0.3 is 0 Å². The molecule has 0 unspecified atom stereocenters. The third-order valence-electron chi connectivity index (χ3n) is 9.19. The smallest absolute Gasteiger partial charge is 0.0881 e. The van der Waals surface area contributed by atoms with Crippen LogP contribution in [0.15, 0.2) is 12.7 Å². The van der Waals surface area contributed by atoms with E-state index < -0.39 is 5.60 Å². The fourth-order valence-corrected chi connectivity index (χ4v) is 7.62. The molecule has 4 fully saturated rings. The Morgan fingerprint density at radius 3 is 2.43 bits per heavy atom. The first-order chi connectivity index (χ1) is 10.8. The van der Waals surface area contributed by atoms with Gasteiger partial charge in [-0.3, -0.25) is 0 Å². The molecule has 0 aromatic rings. The van der Waals surface area contributed by atoms with E-state index in [0.29, 0.717) is 11.3 Å². The van der Waals surface area contributed by atoms with Crippen molar-refractivity contribution in [2.75, 3.05) is 0 Å². The Kier molecular flexibility index (Phi) is 3.57. The van der Waals surface area contributed by atoms with Crippen molar-refractivity contribution in [1.29, 1.82) is 0 Å². The van der Waals surface area contributed by atoms with Gasteiger partial charge < -0.3 is 10.2 Å². The molecule has 0 spiro atoms. The molecule has 23 heavy (non-hydrogen) atoms. The summed E-state index contributed by atoms with van der Waals surface area (Å²) in [5.41, 5.74) is -0.186. The van der Waals surface area contributed by atoms with E-state index in [1.807, 2.05) is 6.08 Å². The van der Waals surface area contributed by atoms with Gasteiger partial charge in [0.2, 0.25) is 0 Å². The molecule has 0 heterocycles. The van der Waals surface area contributed by atoms with Crippen molar-refractivity contribution in [2.24, 2.45) is 34.5 Å². The van der Waals surface area contributed by atoms with Crippen molar-refractivity contribution in [2.45, 2.75) is 83.3 Å². The van der Waals surface area contributed by atoms with Crippen LogP contribution in [0.3, 0.4) is 0 Å². The van der Waals surface area contributed by atoms with Gasteiger partial charge in [-0.1, -0.05) is 19.9 Å². The molecule has 4 aliphatic carbocycles. The molecule has 0 aromatic carbocycles. The second kappa shape index (κ2) is 5.08. The maximum atomic E-state index is 11.1. The molecule has 130 valence electrons. The van der Waals surface area contributed by atoms with Gasteiger partial charge in [-0.05, 0) is 86.9 Å². The summed E-state index contributed by atoms with van der Waals surface area (Å²) in [6, 6.07) is 0. The lowest BCUT2D eigenvalue weighted by atomic mass is 9.44. The van der Waals surface area contributed by atoms with Gasteiger partial charge in [-0.25, -0.2) is 0 Å². The van der Waals surface area contributed by atoms with Gasteiger partial charge in [0.1, 0.15) is 0 Å². The van der Waals surface area contributed by atoms with Crippen molar-refractivity contribution >= 4 is 0 Å². The average molecular weight is 319 g/mol.